The van der Waals surface area contributed by atoms with Gasteiger partial charge in [-0.3, -0.25) is 4.79 Å². The zero-order valence-corrected chi connectivity index (χ0v) is 16.5. The first kappa shape index (κ1) is 19.4. The van der Waals surface area contributed by atoms with Gasteiger partial charge in [0, 0.05) is 38.4 Å². The first-order valence-electron chi connectivity index (χ1n) is 10.2. The van der Waals surface area contributed by atoms with Crippen molar-refractivity contribution in [2.24, 2.45) is 5.92 Å². The van der Waals surface area contributed by atoms with Crippen molar-refractivity contribution >= 4 is 5.91 Å². The van der Waals surface area contributed by atoms with Gasteiger partial charge in [-0.1, -0.05) is 60.7 Å². The van der Waals surface area contributed by atoms with Gasteiger partial charge in [0.1, 0.15) is 5.60 Å². The summed E-state index contributed by atoms with van der Waals surface area (Å²) in [6, 6.07) is 19.8. The van der Waals surface area contributed by atoms with Crippen LogP contribution in [0.5, 0.6) is 0 Å². The largest absolute Gasteiger partial charge is 0.380 e. The van der Waals surface area contributed by atoms with Gasteiger partial charge in [0.15, 0.2) is 0 Å². The Kier molecular flexibility index (Phi) is 5.76. The van der Waals surface area contributed by atoms with E-state index in [1.54, 1.807) is 12.5 Å². The molecule has 0 atom stereocenters. The van der Waals surface area contributed by atoms with Gasteiger partial charge in [0.05, 0.1) is 6.33 Å². The summed E-state index contributed by atoms with van der Waals surface area (Å²) in [5.74, 6) is 0.227. The highest BCUT2D eigenvalue weighted by Gasteiger charge is 2.41. The Balaban J connectivity index is 1.46. The molecule has 0 unspecified atom stereocenters. The molecule has 2 heterocycles. The molecule has 0 aliphatic carbocycles. The van der Waals surface area contributed by atoms with E-state index in [2.05, 4.69) is 4.98 Å². The van der Waals surface area contributed by atoms with E-state index < -0.39 is 5.60 Å². The number of aryl methyl sites for hydroxylation is 1. The van der Waals surface area contributed by atoms with Crippen molar-refractivity contribution in [1.29, 1.82) is 0 Å². The first-order valence-corrected chi connectivity index (χ1v) is 10.2. The predicted octanol–water partition coefficient (Wildman–Crippen LogP) is 3.45. The highest BCUT2D eigenvalue weighted by atomic mass is 16.3. The average Bonchev–Trinajstić information content (AvgIpc) is 3.32. The molecule has 150 valence electrons. The van der Waals surface area contributed by atoms with Crippen LogP contribution in [0.1, 0.15) is 30.4 Å². The lowest BCUT2D eigenvalue weighted by molar-refractivity contribution is -0.134. The Bertz CT molecular complexity index is 862. The number of piperidine rings is 1. The first-order chi connectivity index (χ1) is 14.2. The number of carbonyl (C=O) groups excluding carboxylic acids is 1. The molecule has 1 N–H and O–H groups in total. The molecule has 1 aromatic heterocycles. The molecule has 0 spiro atoms. The van der Waals surface area contributed by atoms with Crippen LogP contribution in [0.15, 0.2) is 79.4 Å². The summed E-state index contributed by atoms with van der Waals surface area (Å²) in [4.78, 5) is 18.6. The predicted molar refractivity (Wildman–Crippen MR) is 112 cm³/mol. The van der Waals surface area contributed by atoms with Crippen molar-refractivity contribution in [2.75, 3.05) is 13.1 Å². The number of hydrogen-bond donors (Lipinski definition) is 1. The SMILES string of the molecule is O=C(CCn1ccnc1)N1CCC(C(O)(c2ccccc2)c2ccccc2)CC1. The Morgan fingerprint density at radius 1 is 1.00 bits per heavy atom. The fourth-order valence-electron chi connectivity index (χ4n) is 4.37. The minimum atomic E-state index is -1.05. The van der Waals surface area contributed by atoms with Crippen molar-refractivity contribution in [1.82, 2.24) is 14.5 Å². The molecule has 29 heavy (non-hydrogen) atoms. The summed E-state index contributed by atoms with van der Waals surface area (Å²) in [6.07, 6.45) is 7.36. The molecule has 0 bridgehead atoms. The number of benzene rings is 2. The van der Waals surface area contributed by atoms with E-state index in [1.165, 1.54) is 0 Å². The summed E-state index contributed by atoms with van der Waals surface area (Å²) in [5.41, 5.74) is 0.779. The standard InChI is InChI=1S/C24H27N3O2/c28-23(13-15-26-18-14-25-19-26)27-16-11-22(12-17-27)24(29,20-7-3-1-4-8-20)21-9-5-2-6-10-21/h1-10,14,18-19,22,29H,11-13,15-17H2. The van der Waals surface area contributed by atoms with Gasteiger partial charge in [-0.25, -0.2) is 4.98 Å². The number of carbonyl (C=O) groups is 1. The van der Waals surface area contributed by atoms with Gasteiger partial charge in [-0.2, -0.15) is 0 Å². The van der Waals surface area contributed by atoms with Crippen LogP contribution in [0.3, 0.4) is 0 Å². The van der Waals surface area contributed by atoms with Crippen LogP contribution in [-0.2, 0) is 16.9 Å². The van der Waals surface area contributed by atoms with Gasteiger partial charge in [-0.15, -0.1) is 0 Å². The maximum atomic E-state index is 12.6. The molecule has 5 heteroatoms. The van der Waals surface area contributed by atoms with Gasteiger partial charge in [-0.05, 0) is 29.9 Å². The molecule has 5 nitrogen and oxygen atoms in total. The molecule has 4 rings (SSSR count). The maximum absolute atomic E-state index is 12.6. The minimum Gasteiger partial charge on any atom is -0.380 e. The van der Waals surface area contributed by atoms with Crippen LogP contribution in [0.2, 0.25) is 0 Å². The molecular formula is C24H27N3O2. The lowest BCUT2D eigenvalue weighted by atomic mass is 9.72. The van der Waals surface area contributed by atoms with Gasteiger partial charge in [0.25, 0.3) is 0 Å². The number of rotatable bonds is 6. The molecule has 1 aliphatic heterocycles. The summed E-state index contributed by atoms with van der Waals surface area (Å²) in [5, 5.41) is 11.9. The fraction of sp³-hybridized carbons (Fsp3) is 0.333. The second-order valence-corrected chi connectivity index (χ2v) is 7.70. The third-order valence-electron chi connectivity index (χ3n) is 6.01. The molecule has 1 saturated heterocycles. The third kappa shape index (κ3) is 4.10. The van der Waals surface area contributed by atoms with E-state index >= 15 is 0 Å². The van der Waals surface area contributed by atoms with Crippen LogP contribution in [0, 0.1) is 5.92 Å². The zero-order valence-electron chi connectivity index (χ0n) is 16.5. The third-order valence-corrected chi connectivity index (χ3v) is 6.01. The van der Waals surface area contributed by atoms with E-state index in [-0.39, 0.29) is 11.8 Å². The Hall–Kier alpha value is -2.92. The van der Waals surface area contributed by atoms with E-state index in [0.29, 0.717) is 26.1 Å². The fourth-order valence-corrected chi connectivity index (χ4v) is 4.37. The minimum absolute atomic E-state index is 0.0602. The van der Waals surface area contributed by atoms with Gasteiger partial charge < -0.3 is 14.6 Å². The van der Waals surface area contributed by atoms with E-state index in [4.69, 9.17) is 0 Å². The van der Waals surface area contributed by atoms with Gasteiger partial charge in [0.2, 0.25) is 5.91 Å². The van der Waals surface area contributed by atoms with E-state index in [9.17, 15) is 9.90 Å². The number of imidazole rings is 1. The summed E-state index contributed by atoms with van der Waals surface area (Å²) in [6.45, 7) is 2.00. The Morgan fingerprint density at radius 3 is 2.10 bits per heavy atom. The van der Waals surface area contributed by atoms with Gasteiger partial charge >= 0.3 is 0 Å². The van der Waals surface area contributed by atoms with E-state index in [1.807, 2.05) is 76.3 Å². The molecule has 3 aromatic rings. The normalized spacial score (nSPS) is 15.4. The molecule has 2 aromatic carbocycles. The lowest BCUT2D eigenvalue weighted by Crippen LogP contribution is -2.46. The molecular weight excluding hydrogens is 362 g/mol. The monoisotopic (exact) mass is 389 g/mol. The number of aromatic nitrogens is 2. The number of aliphatic hydroxyl groups is 1. The second kappa shape index (κ2) is 8.62. The molecule has 1 fully saturated rings. The van der Waals surface area contributed by atoms with Crippen LogP contribution >= 0.6 is 0 Å². The van der Waals surface area contributed by atoms with Crippen molar-refractivity contribution in [3.05, 3.63) is 90.5 Å². The van der Waals surface area contributed by atoms with E-state index in [0.717, 1.165) is 24.0 Å². The Morgan fingerprint density at radius 2 is 1.59 bits per heavy atom. The zero-order chi connectivity index (χ0) is 20.1. The lowest BCUT2D eigenvalue weighted by Gasteiger charge is -2.42. The average molecular weight is 389 g/mol. The quantitative estimate of drug-likeness (QED) is 0.703. The maximum Gasteiger partial charge on any atom is 0.224 e. The smallest absolute Gasteiger partial charge is 0.224 e. The topological polar surface area (TPSA) is 58.4 Å². The Labute approximate surface area is 171 Å². The van der Waals surface area contributed by atoms with Crippen molar-refractivity contribution in [2.45, 2.75) is 31.4 Å². The highest BCUT2D eigenvalue weighted by Crippen LogP contribution is 2.41. The molecule has 1 amide bonds. The van der Waals surface area contributed by atoms with Crippen LogP contribution < -0.4 is 0 Å². The molecule has 1 aliphatic rings. The molecule has 0 radical (unpaired) electrons. The second-order valence-electron chi connectivity index (χ2n) is 7.70. The van der Waals surface area contributed by atoms with Crippen LogP contribution in [-0.4, -0.2) is 38.6 Å². The summed E-state index contributed by atoms with van der Waals surface area (Å²) >= 11 is 0. The van der Waals surface area contributed by atoms with Crippen LogP contribution in [0.25, 0.3) is 0 Å². The number of nitrogens with zero attached hydrogens (tertiary/aromatic N) is 3. The number of hydrogen-bond acceptors (Lipinski definition) is 3. The number of amides is 1. The van der Waals surface area contributed by atoms with Crippen molar-refractivity contribution in [3.8, 4) is 0 Å². The van der Waals surface area contributed by atoms with Crippen molar-refractivity contribution in [3.63, 3.8) is 0 Å². The van der Waals surface area contributed by atoms with Crippen molar-refractivity contribution < 1.29 is 9.90 Å². The molecule has 0 saturated carbocycles. The highest BCUT2D eigenvalue weighted by molar-refractivity contribution is 5.76. The summed E-state index contributed by atoms with van der Waals surface area (Å²) < 4.78 is 1.92. The van der Waals surface area contributed by atoms with Crippen LogP contribution in [0.4, 0.5) is 0 Å². The number of likely N-dealkylation sites (tertiary alicyclic amines) is 1. The summed E-state index contributed by atoms with van der Waals surface area (Å²) in [7, 11) is 0.